The first kappa shape index (κ1) is 21.1. The molecule has 0 radical (unpaired) electrons. The number of pyridine rings is 1. The lowest BCUT2D eigenvalue weighted by Gasteiger charge is -2.13. The van der Waals surface area contributed by atoms with Crippen molar-refractivity contribution in [3.8, 4) is 22.1 Å². The number of para-hydroxylation sites is 1. The Morgan fingerprint density at radius 3 is 2.36 bits per heavy atom. The van der Waals surface area contributed by atoms with E-state index in [0.717, 1.165) is 26.5 Å². The largest absolute Gasteiger partial charge is 0.457 e. The van der Waals surface area contributed by atoms with Crippen LogP contribution < -0.4 is 9.46 Å². The van der Waals surface area contributed by atoms with Crippen LogP contribution >= 0.6 is 11.3 Å². The molecule has 0 unspecified atom stereocenters. The summed E-state index contributed by atoms with van der Waals surface area (Å²) in [4.78, 5) is 9.99. The second-order valence-electron chi connectivity index (χ2n) is 7.32. The van der Waals surface area contributed by atoms with Gasteiger partial charge in [0.25, 0.3) is 10.0 Å². The summed E-state index contributed by atoms with van der Waals surface area (Å²) in [6, 6.07) is 24.9. The first-order valence-electron chi connectivity index (χ1n) is 10.2. The second-order valence-corrected chi connectivity index (χ2v) is 9.98. The summed E-state index contributed by atoms with van der Waals surface area (Å²) in [7, 11) is -3.78. The third-order valence-electron chi connectivity index (χ3n) is 5.09. The van der Waals surface area contributed by atoms with Crippen molar-refractivity contribution in [2.24, 2.45) is 0 Å². The molecule has 6 nitrogen and oxygen atoms in total. The Kier molecular flexibility index (Phi) is 5.53. The van der Waals surface area contributed by atoms with Crippen molar-refractivity contribution in [1.82, 2.24) is 9.97 Å². The van der Waals surface area contributed by atoms with Gasteiger partial charge in [-0.25, -0.2) is 18.4 Å². The summed E-state index contributed by atoms with van der Waals surface area (Å²) in [5, 5.41) is 0.796. The molecule has 0 atom stereocenters. The van der Waals surface area contributed by atoms with Crippen molar-refractivity contribution in [2.45, 2.75) is 11.8 Å². The first-order valence-corrected chi connectivity index (χ1v) is 12.5. The summed E-state index contributed by atoms with van der Waals surface area (Å²) in [5.74, 6) is 1.24. The molecule has 0 aliphatic carbocycles. The van der Waals surface area contributed by atoms with Gasteiger partial charge in [-0.15, -0.1) is 0 Å². The van der Waals surface area contributed by atoms with Gasteiger partial charge in [-0.05, 0) is 67.1 Å². The van der Waals surface area contributed by atoms with Gasteiger partial charge in [0.15, 0.2) is 0 Å². The molecule has 0 amide bonds. The summed E-state index contributed by atoms with van der Waals surface area (Å²) in [5.41, 5.74) is 2.99. The van der Waals surface area contributed by atoms with Gasteiger partial charge in [0.1, 0.15) is 26.9 Å². The van der Waals surface area contributed by atoms with Gasteiger partial charge in [0, 0.05) is 11.8 Å². The predicted molar refractivity (Wildman–Crippen MR) is 131 cm³/mol. The Morgan fingerprint density at radius 1 is 0.848 bits per heavy atom. The van der Waals surface area contributed by atoms with Crippen LogP contribution in [-0.4, -0.2) is 18.4 Å². The summed E-state index contributed by atoms with van der Waals surface area (Å²) >= 11 is 1.48. The number of fused-ring (bicyclic) bond motifs is 1. The standard InChI is InChI=1S/C25H19N3O3S2/c1-17-21(24-27-23-11-6-16-26-25(23)32-24)9-5-10-22(17)28-33(29,30)20-14-12-19(13-15-20)31-18-7-3-2-4-8-18/h2-16,28H,1H3. The van der Waals surface area contributed by atoms with E-state index in [4.69, 9.17) is 4.74 Å². The topological polar surface area (TPSA) is 81.2 Å². The number of ether oxygens (including phenoxy) is 1. The molecule has 3 aromatic carbocycles. The van der Waals surface area contributed by atoms with Gasteiger partial charge >= 0.3 is 0 Å². The van der Waals surface area contributed by atoms with Gasteiger partial charge in [0.2, 0.25) is 0 Å². The molecule has 0 aliphatic heterocycles. The van der Waals surface area contributed by atoms with Crippen molar-refractivity contribution in [3.05, 3.63) is 96.7 Å². The molecular weight excluding hydrogens is 454 g/mol. The minimum absolute atomic E-state index is 0.150. The molecular formula is C25H19N3O3S2. The zero-order valence-electron chi connectivity index (χ0n) is 17.6. The van der Waals surface area contributed by atoms with Crippen molar-refractivity contribution in [1.29, 1.82) is 0 Å². The summed E-state index contributed by atoms with van der Waals surface area (Å²) in [6.07, 6.45) is 1.73. The van der Waals surface area contributed by atoms with E-state index in [0.29, 0.717) is 17.2 Å². The Hall–Kier alpha value is -3.75. The maximum atomic E-state index is 13.0. The number of hydrogen-bond acceptors (Lipinski definition) is 6. The lowest BCUT2D eigenvalue weighted by Crippen LogP contribution is -2.13. The molecule has 5 rings (SSSR count). The molecule has 0 spiro atoms. The van der Waals surface area contributed by atoms with Crippen LogP contribution in [0.5, 0.6) is 11.5 Å². The van der Waals surface area contributed by atoms with Crippen LogP contribution in [0.3, 0.4) is 0 Å². The van der Waals surface area contributed by atoms with E-state index in [1.165, 1.54) is 23.5 Å². The number of thiazole rings is 1. The van der Waals surface area contributed by atoms with Crippen molar-refractivity contribution < 1.29 is 13.2 Å². The van der Waals surface area contributed by atoms with E-state index < -0.39 is 10.0 Å². The van der Waals surface area contributed by atoms with Crippen LogP contribution in [0.1, 0.15) is 5.56 Å². The highest BCUT2D eigenvalue weighted by Crippen LogP contribution is 2.34. The summed E-state index contributed by atoms with van der Waals surface area (Å²) < 4.78 is 34.5. The maximum Gasteiger partial charge on any atom is 0.261 e. The lowest BCUT2D eigenvalue weighted by molar-refractivity contribution is 0.482. The van der Waals surface area contributed by atoms with Crippen LogP contribution in [0, 0.1) is 6.92 Å². The molecule has 2 aromatic heterocycles. The number of nitrogens with zero attached hydrogens (tertiary/aromatic N) is 2. The second kappa shape index (κ2) is 8.65. The van der Waals surface area contributed by atoms with Gasteiger partial charge in [-0.1, -0.05) is 41.7 Å². The SMILES string of the molecule is Cc1c(NS(=O)(=O)c2ccc(Oc3ccccc3)cc2)cccc1-c1nc2cccnc2s1. The Balaban J connectivity index is 1.40. The van der Waals surface area contributed by atoms with E-state index >= 15 is 0 Å². The van der Waals surface area contributed by atoms with Crippen LogP contribution in [-0.2, 0) is 10.0 Å². The number of aromatic nitrogens is 2. The molecule has 5 aromatic rings. The van der Waals surface area contributed by atoms with Crippen LogP contribution in [0.4, 0.5) is 5.69 Å². The fraction of sp³-hybridized carbons (Fsp3) is 0.0400. The van der Waals surface area contributed by atoms with Gasteiger partial charge in [0.05, 0.1) is 10.6 Å². The minimum atomic E-state index is -3.78. The summed E-state index contributed by atoms with van der Waals surface area (Å²) in [6.45, 7) is 1.88. The quantitative estimate of drug-likeness (QED) is 0.315. The predicted octanol–water partition coefficient (Wildman–Crippen LogP) is 6.26. The van der Waals surface area contributed by atoms with E-state index in [9.17, 15) is 8.42 Å². The van der Waals surface area contributed by atoms with E-state index in [1.807, 2.05) is 61.5 Å². The molecule has 0 saturated heterocycles. The Labute approximate surface area is 195 Å². The Morgan fingerprint density at radius 2 is 1.61 bits per heavy atom. The zero-order valence-corrected chi connectivity index (χ0v) is 19.2. The highest BCUT2D eigenvalue weighted by Gasteiger charge is 2.18. The van der Waals surface area contributed by atoms with Gasteiger partial charge in [-0.3, -0.25) is 4.72 Å². The van der Waals surface area contributed by atoms with Crippen LogP contribution in [0.15, 0.2) is 96.0 Å². The maximum absolute atomic E-state index is 13.0. The molecule has 0 bridgehead atoms. The Bertz CT molecular complexity index is 1500. The normalized spacial score (nSPS) is 11.4. The molecule has 1 N–H and O–H groups in total. The lowest BCUT2D eigenvalue weighted by atomic mass is 10.1. The average Bonchev–Trinajstić information content (AvgIpc) is 3.25. The first-order chi connectivity index (χ1) is 16.0. The number of rotatable bonds is 6. The number of benzene rings is 3. The van der Waals surface area contributed by atoms with Crippen LogP contribution in [0.25, 0.3) is 20.9 Å². The van der Waals surface area contributed by atoms with E-state index in [-0.39, 0.29) is 4.90 Å². The highest BCUT2D eigenvalue weighted by atomic mass is 32.2. The third-order valence-corrected chi connectivity index (χ3v) is 7.48. The fourth-order valence-electron chi connectivity index (χ4n) is 3.38. The average molecular weight is 474 g/mol. The number of hydrogen-bond donors (Lipinski definition) is 1. The monoisotopic (exact) mass is 473 g/mol. The molecule has 0 saturated carbocycles. The molecule has 0 fully saturated rings. The molecule has 8 heteroatoms. The third kappa shape index (κ3) is 4.44. The smallest absolute Gasteiger partial charge is 0.261 e. The van der Waals surface area contributed by atoms with E-state index in [2.05, 4.69) is 14.7 Å². The number of sulfonamides is 1. The zero-order chi connectivity index (χ0) is 22.8. The van der Waals surface area contributed by atoms with Crippen molar-refractivity contribution in [3.63, 3.8) is 0 Å². The molecule has 0 aliphatic rings. The van der Waals surface area contributed by atoms with Crippen molar-refractivity contribution >= 4 is 37.4 Å². The number of anilines is 1. The number of nitrogens with one attached hydrogen (secondary N) is 1. The molecule has 2 heterocycles. The van der Waals surface area contributed by atoms with Gasteiger partial charge < -0.3 is 4.74 Å². The fourth-order valence-corrected chi connectivity index (χ4v) is 5.49. The van der Waals surface area contributed by atoms with Crippen LogP contribution in [0.2, 0.25) is 0 Å². The highest BCUT2D eigenvalue weighted by molar-refractivity contribution is 7.92. The molecule has 33 heavy (non-hydrogen) atoms. The van der Waals surface area contributed by atoms with Gasteiger partial charge in [-0.2, -0.15) is 0 Å². The van der Waals surface area contributed by atoms with Crippen molar-refractivity contribution in [2.75, 3.05) is 4.72 Å². The van der Waals surface area contributed by atoms with E-state index in [1.54, 1.807) is 24.4 Å². The molecule has 164 valence electrons. The minimum Gasteiger partial charge on any atom is -0.457 e.